The molecule has 124 valence electrons. The third-order valence-corrected chi connectivity index (χ3v) is 5.11. The van der Waals surface area contributed by atoms with Crippen LogP contribution in [0.4, 0.5) is 10.1 Å². The molecule has 1 aromatic carbocycles. The van der Waals surface area contributed by atoms with E-state index in [-0.39, 0.29) is 10.9 Å². The average molecular weight is 346 g/mol. The van der Waals surface area contributed by atoms with E-state index in [1.54, 1.807) is 0 Å². The van der Waals surface area contributed by atoms with Crippen molar-refractivity contribution in [2.45, 2.75) is 31.6 Å². The molecule has 4 nitrogen and oxygen atoms in total. The molecule has 1 aromatic heterocycles. The zero-order valence-electron chi connectivity index (χ0n) is 13.2. The minimum absolute atomic E-state index is 0.0228. The Balaban J connectivity index is 1.72. The van der Waals surface area contributed by atoms with Gasteiger partial charge in [-0.3, -0.25) is 4.79 Å². The van der Waals surface area contributed by atoms with Gasteiger partial charge >= 0.3 is 0 Å². The molecule has 1 heterocycles. The molecule has 0 atom stereocenters. The van der Waals surface area contributed by atoms with Crippen molar-refractivity contribution in [2.24, 2.45) is 7.05 Å². The molecule has 1 amide bonds. The minimum atomic E-state index is -0.515. The van der Waals surface area contributed by atoms with Crippen LogP contribution in [0.25, 0.3) is 0 Å². The van der Waals surface area contributed by atoms with Gasteiger partial charge in [-0.05, 0) is 55.4 Å². The lowest BCUT2D eigenvalue weighted by Gasteiger charge is -2.11. The number of amides is 1. The van der Waals surface area contributed by atoms with E-state index in [0.717, 1.165) is 36.1 Å². The highest BCUT2D eigenvalue weighted by Gasteiger charge is 2.37. The summed E-state index contributed by atoms with van der Waals surface area (Å²) in [6.07, 6.45) is 3.65. The number of halogens is 2. The number of rotatable bonds is 3. The van der Waals surface area contributed by atoms with Crippen LogP contribution in [0.2, 0.25) is 5.02 Å². The van der Waals surface area contributed by atoms with Gasteiger partial charge in [0.2, 0.25) is 0 Å². The van der Waals surface area contributed by atoms with Crippen molar-refractivity contribution >= 4 is 28.9 Å². The molecular formula is C18H17ClFN3O. The third kappa shape index (κ3) is 2.35. The smallest absolute Gasteiger partial charge is 0.272 e. The summed E-state index contributed by atoms with van der Waals surface area (Å²) in [5.74, 6) is -0.291. The molecule has 24 heavy (non-hydrogen) atoms. The Kier molecular flexibility index (Phi) is 3.49. The summed E-state index contributed by atoms with van der Waals surface area (Å²) in [5, 5.41) is 11.0. The molecule has 0 saturated heterocycles. The van der Waals surface area contributed by atoms with Crippen LogP contribution in [0.5, 0.6) is 0 Å². The van der Waals surface area contributed by atoms with Crippen molar-refractivity contribution in [2.75, 3.05) is 5.32 Å². The zero-order chi connectivity index (χ0) is 17.0. The fourth-order valence-corrected chi connectivity index (χ4v) is 3.79. The molecular weight excluding hydrogens is 329 g/mol. The van der Waals surface area contributed by atoms with Crippen LogP contribution < -0.4 is 5.32 Å². The molecule has 0 unspecified atom stereocenters. The summed E-state index contributed by atoms with van der Waals surface area (Å²) in [7, 11) is 1.89. The predicted octanol–water partition coefficient (Wildman–Crippen LogP) is 4.26. The summed E-state index contributed by atoms with van der Waals surface area (Å²) < 4.78 is 15.2. The van der Waals surface area contributed by atoms with Gasteiger partial charge in [-0.1, -0.05) is 11.6 Å². The van der Waals surface area contributed by atoms with Gasteiger partial charge in [0.15, 0.2) is 0 Å². The van der Waals surface area contributed by atoms with Crippen molar-refractivity contribution in [3.05, 3.63) is 51.6 Å². The molecule has 2 aliphatic carbocycles. The summed E-state index contributed by atoms with van der Waals surface area (Å²) in [6.45, 7) is 0. The summed E-state index contributed by atoms with van der Waals surface area (Å²) in [4.78, 5) is 12.8. The Bertz CT molecular complexity index is 883. The zero-order valence-corrected chi connectivity index (χ0v) is 14.0. The van der Waals surface area contributed by atoms with Gasteiger partial charge in [-0.15, -0.1) is 0 Å². The Morgan fingerprint density at radius 1 is 1.38 bits per heavy atom. The molecule has 2 aliphatic rings. The molecule has 6 heteroatoms. The standard InChI is InChI=1S/C18H17ClFN3O/c1-23-16(9-2-3-9)15-11(5-7-14(15)21)17(23)18(24)22-10-4-6-13(20)12(19)8-10/h4,6,8-9,21H,2-3,5,7H2,1H3,(H,22,24). The molecule has 2 N–H and O–H groups in total. The Morgan fingerprint density at radius 2 is 2.12 bits per heavy atom. The first-order valence-electron chi connectivity index (χ1n) is 8.03. The fraction of sp³-hybridized carbons (Fsp3) is 0.333. The van der Waals surface area contributed by atoms with E-state index >= 15 is 0 Å². The van der Waals surface area contributed by atoms with Gasteiger partial charge in [-0.2, -0.15) is 0 Å². The second-order valence-corrected chi connectivity index (χ2v) is 6.89. The summed E-state index contributed by atoms with van der Waals surface area (Å²) in [5.41, 5.74) is 4.76. The third-order valence-electron chi connectivity index (χ3n) is 4.82. The normalized spacial score (nSPS) is 16.4. The minimum Gasteiger partial charge on any atom is -0.343 e. The topological polar surface area (TPSA) is 57.9 Å². The highest BCUT2D eigenvalue weighted by atomic mass is 35.5. The average Bonchev–Trinajstić information content (AvgIpc) is 3.24. The Labute approximate surface area is 144 Å². The number of fused-ring (bicyclic) bond motifs is 1. The van der Waals surface area contributed by atoms with Crippen LogP contribution >= 0.6 is 11.6 Å². The first kappa shape index (κ1) is 15.4. The highest BCUT2D eigenvalue weighted by Crippen LogP contribution is 2.46. The van der Waals surface area contributed by atoms with E-state index < -0.39 is 5.82 Å². The molecule has 0 spiro atoms. The van der Waals surface area contributed by atoms with E-state index in [4.69, 9.17) is 17.0 Å². The number of carbonyl (C=O) groups excluding carboxylic acids is 1. The number of nitrogens with one attached hydrogen (secondary N) is 2. The van der Waals surface area contributed by atoms with Gasteiger partial charge < -0.3 is 15.3 Å². The maximum absolute atomic E-state index is 13.3. The van der Waals surface area contributed by atoms with Crippen molar-refractivity contribution in [1.82, 2.24) is 4.57 Å². The molecule has 2 aromatic rings. The van der Waals surface area contributed by atoms with E-state index in [1.165, 1.54) is 18.2 Å². The second-order valence-electron chi connectivity index (χ2n) is 6.48. The number of benzene rings is 1. The van der Waals surface area contributed by atoms with E-state index in [9.17, 15) is 9.18 Å². The lowest BCUT2D eigenvalue weighted by Crippen LogP contribution is -2.18. The number of aromatic nitrogens is 1. The fourth-order valence-electron chi connectivity index (χ4n) is 3.61. The maximum Gasteiger partial charge on any atom is 0.272 e. The molecule has 0 aliphatic heterocycles. The lowest BCUT2D eigenvalue weighted by atomic mass is 10.1. The summed E-state index contributed by atoms with van der Waals surface area (Å²) >= 11 is 5.78. The lowest BCUT2D eigenvalue weighted by molar-refractivity contribution is 0.101. The molecule has 1 saturated carbocycles. The van der Waals surface area contributed by atoms with Crippen LogP contribution in [-0.4, -0.2) is 16.2 Å². The maximum atomic E-state index is 13.3. The van der Waals surface area contributed by atoms with E-state index in [1.807, 2.05) is 11.6 Å². The van der Waals surface area contributed by atoms with Gasteiger partial charge in [0.1, 0.15) is 11.5 Å². The van der Waals surface area contributed by atoms with Gasteiger partial charge in [0.05, 0.1) is 5.02 Å². The molecule has 4 rings (SSSR count). The number of hydrogen-bond acceptors (Lipinski definition) is 2. The van der Waals surface area contributed by atoms with Crippen molar-refractivity contribution in [3.8, 4) is 0 Å². The van der Waals surface area contributed by atoms with Gasteiger partial charge in [0, 0.05) is 29.7 Å². The number of anilines is 1. The van der Waals surface area contributed by atoms with Crippen LogP contribution in [0.15, 0.2) is 18.2 Å². The van der Waals surface area contributed by atoms with E-state index in [0.29, 0.717) is 29.4 Å². The van der Waals surface area contributed by atoms with Crippen molar-refractivity contribution < 1.29 is 9.18 Å². The van der Waals surface area contributed by atoms with Crippen LogP contribution in [0, 0.1) is 11.2 Å². The SMILES string of the molecule is Cn1c(C(=O)Nc2ccc(F)c(Cl)c2)c2c(c1C1CC1)C(=N)CC2. The van der Waals surface area contributed by atoms with Gasteiger partial charge in [-0.25, -0.2) is 4.39 Å². The van der Waals surface area contributed by atoms with Crippen molar-refractivity contribution in [3.63, 3.8) is 0 Å². The quantitative estimate of drug-likeness (QED) is 0.857. The Hall–Kier alpha value is -2.14. The number of hydrogen-bond donors (Lipinski definition) is 2. The first-order chi connectivity index (χ1) is 11.5. The van der Waals surface area contributed by atoms with Crippen molar-refractivity contribution in [1.29, 1.82) is 5.41 Å². The highest BCUT2D eigenvalue weighted by molar-refractivity contribution is 6.31. The van der Waals surface area contributed by atoms with Gasteiger partial charge in [0.25, 0.3) is 5.91 Å². The second kappa shape index (κ2) is 5.45. The monoisotopic (exact) mass is 345 g/mol. The largest absolute Gasteiger partial charge is 0.343 e. The Morgan fingerprint density at radius 3 is 2.79 bits per heavy atom. The molecule has 0 bridgehead atoms. The van der Waals surface area contributed by atoms with Crippen LogP contribution in [-0.2, 0) is 13.5 Å². The van der Waals surface area contributed by atoms with E-state index in [2.05, 4.69) is 5.32 Å². The first-order valence-corrected chi connectivity index (χ1v) is 8.40. The van der Waals surface area contributed by atoms with Crippen LogP contribution in [0.1, 0.15) is 52.5 Å². The predicted molar refractivity (Wildman–Crippen MR) is 91.9 cm³/mol. The molecule has 1 fully saturated rings. The summed E-state index contributed by atoms with van der Waals surface area (Å²) in [6, 6.07) is 4.13. The number of carbonyl (C=O) groups is 1. The van der Waals surface area contributed by atoms with Crippen LogP contribution in [0.3, 0.4) is 0 Å². The number of nitrogens with zero attached hydrogens (tertiary/aromatic N) is 1. The molecule has 0 radical (unpaired) electrons.